The third kappa shape index (κ3) is 4.15. The van der Waals surface area contributed by atoms with Gasteiger partial charge in [-0.15, -0.1) is 0 Å². The average molecular weight is 461 g/mol. The van der Waals surface area contributed by atoms with Crippen LogP contribution in [-0.2, 0) is 9.53 Å². The standard InChI is InChI=1S/C21H20INO3/c1-4-14(3)25-19-8-6-5-7-15(19)12-18-21(24)26-20(23-18)16-9-10-17(22)13(2)11-16/h5-12,14H,4H2,1-3H3/b18-12-. The van der Waals surface area contributed by atoms with E-state index in [1.165, 1.54) is 0 Å². The maximum absolute atomic E-state index is 12.3. The quantitative estimate of drug-likeness (QED) is 0.353. The Bertz CT molecular complexity index is 902. The molecule has 1 unspecified atom stereocenters. The zero-order chi connectivity index (χ0) is 18.7. The number of halogens is 1. The van der Waals surface area contributed by atoms with Crippen molar-refractivity contribution in [1.29, 1.82) is 0 Å². The number of carbonyl (C=O) groups is 1. The van der Waals surface area contributed by atoms with Gasteiger partial charge in [-0.3, -0.25) is 0 Å². The molecule has 5 heteroatoms. The van der Waals surface area contributed by atoms with E-state index in [2.05, 4.69) is 34.5 Å². The summed E-state index contributed by atoms with van der Waals surface area (Å²) < 4.78 is 12.5. The number of aliphatic imine (C=N–C) groups is 1. The van der Waals surface area contributed by atoms with E-state index in [0.29, 0.717) is 5.90 Å². The van der Waals surface area contributed by atoms with Gasteiger partial charge in [-0.1, -0.05) is 25.1 Å². The Morgan fingerprint density at radius 3 is 2.77 bits per heavy atom. The molecule has 0 amide bonds. The van der Waals surface area contributed by atoms with Gasteiger partial charge < -0.3 is 9.47 Å². The number of hydrogen-bond acceptors (Lipinski definition) is 4. The van der Waals surface area contributed by atoms with Gasteiger partial charge >= 0.3 is 5.97 Å². The molecule has 1 atom stereocenters. The molecule has 26 heavy (non-hydrogen) atoms. The van der Waals surface area contributed by atoms with Gasteiger partial charge in [0.05, 0.1) is 6.10 Å². The van der Waals surface area contributed by atoms with Crippen molar-refractivity contribution in [3.8, 4) is 5.75 Å². The Morgan fingerprint density at radius 2 is 2.04 bits per heavy atom. The minimum Gasteiger partial charge on any atom is -0.490 e. The van der Waals surface area contributed by atoms with E-state index in [1.807, 2.05) is 56.3 Å². The van der Waals surface area contributed by atoms with Crippen LogP contribution in [0.2, 0.25) is 0 Å². The molecule has 2 aromatic rings. The second-order valence-corrected chi connectivity index (χ2v) is 7.34. The van der Waals surface area contributed by atoms with E-state index >= 15 is 0 Å². The zero-order valence-corrected chi connectivity index (χ0v) is 17.1. The maximum atomic E-state index is 12.3. The van der Waals surface area contributed by atoms with Gasteiger partial charge in [0, 0.05) is 14.7 Å². The number of rotatable bonds is 5. The first-order valence-corrected chi connectivity index (χ1v) is 9.60. The van der Waals surface area contributed by atoms with Gasteiger partial charge in [-0.2, -0.15) is 0 Å². The van der Waals surface area contributed by atoms with E-state index in [9.17, 15) is 4.79 Å². The highest BCUT2D eigenvalue weighted by Crippen LogP contribution is 2.26. The smallest absolute Gasteiger partial charge is 0.363 e. The summed E-state index contributed by atoms with van der Waals surface area (Å²) >= 11 is 2.27. The molecule has 2 aromatic carbocycles. The fourth-order valence-electron chi connectivity index (χ4n) is 2.46. The number of carbonyl (C=O) groups excluding carboxylic acids is 1. The molecule has 0 bridgehead atoms. The Hall–Kier alpha value is -2.15. The molecule has 0 spiro atoms. The van der Waals surface area contributed by atoms with Crippen molar-refractivity contribution in [2.75, 3.05) is 0 Å². The van der Waals surface area contributed by atoms with Crippen molar-refractivity contribution < 1.29 is 14.3 Å². The Morgan fingerprint density at radius 1 is 1.27 bits per heavy atom. The average Bonchev–Trinajstić information content (AvgIpc) is 2.99. The predicted octanol–water partition coefficient (Wildman–Crippen LogP) is 5.12. The first kappa shape index (κ1) is 18.6. The summed E-state index contributed by atoms with van der Waals surface area (Å²) in [6, 6.07) is 13.5. The molecule has 0 aliphatic carbocycles. The lowest BCUT2D eigenvalue weighted by molar-refractivity contribution is -0.129. The number of cyclic esters (lactones) is 1. The molecule has 4 nitrogen and oxygen atoms in total. The third-order valence-corrected chi connectivity index (χ3v) is 5.35. The Kier molecular flexibility index (Phi) is 5.76. The summed E-state index contributed by atoms with van der Waals surface area (Å²) in [6.07, 6.45) is 2.72. The third-order valence-electron chi connectivity index (χ3n) is 4.14. The largest absolute Gasteiger partial charge is 0.490 e. The van der Waals surface area contributed by atoms with Gasteiger partial charge in [0.1, 0.15) is 5.75 Å². The minimum atomic E-state index is -0.449. The van der Waals surface area contributed by atoms with Crippen molar-refractivity contribution in [3.63, 3.8) is 0 Å². The van der Waals surface area contributed by atoms with E-state index < -0.39 is 5.97 Å². The van der Waals surface area contributed by atoms with Crippen LogP contribution in [0.1, 0.15) is 37.0 Å². The van der Waals surface area contributed by atoms with Crippen molar-refractivity contribution in [2.45, 2.75) is 33.3 Å². The fourth-order valence-corrected chi connectivity index (χ4v) is 2.80. The summed E-state index contributed by atoms with van der Waals surface area (Å²) in [7, 11) is 0. The molecule has 1 aliphatic heterocycles. The minimum absolute atomic E-state index is 0.0962. The Balaban J connectivity index is 1.93. The SMILES string of the molecule is CCC(C)Oc1ccccc1/C=C1\N=C(c2ccc(I)c(C)c2)OC1=O. The molecule has 0 fully saturated rings. The maximum Gasteiger partial charge on any atom is 0.363 e. The summed E-state index contributed by atoms with van der Waals surface area (Å²) in [4.78, 5) is 16.7. The van der Waals surface area contributed by atoms with Crippen molar-refractivity contribution in [2.24, 2.45) is 4.99 Å². The summed E-state index contributed by atoms with van der Waals surface area (Å²) in [5, 5.41) is 0. The lowest BCUT2D eigenvalue weighted by Gasteiger charge is -2.14. The van der Waals surface area contributed by atoms with E-state index in [-0.39, 0.29) is 11.8 Å². The van der Waals surface area contributed by atoms with Crippen LogP contribution in [0.4, 0.5) is 0 Å². The highest BCUT2D eigenvalue weighted by atomic mass is 127. The van der Waals surface area contributed by atoms with E-state index in [1.54, 1.807) is 6.08 Å². The predicted molar refractivity (Wildman–Crippen MR) is 111 cm³/mol. The van der Waals surface area contributed by atoms with E-state index in [4.69, 9.17) is 9.47 Å². The molecule has 0 N–H and O–H groups in total. The Labute approximate surface area is 167 Å². The van der Waals surface area contributed by atoms with Crippen LogP contribution in [-0.4, -0.2) is 18.0 Å². The second kappa shape index (κ2) is 8.03. The zero-order valence-electron chi connectivity index (χ0n) is 15.0. The van der Waals surface area contributed by atoms with Gasteiger partial charge in [-0.05, 0) is 78.8 Å². The molecule has 0 aromatic heterocycles. The van der Waals surface area contributed by atoms with Gasteiger partial charge in [0.15, 0.2) is 5.70 Å². The lowest BCUT2D eigenvalue weighted by atomic mass is 10.1. The first-order chi connectivity index (χ1) is 12.5. The molecule has 1 heterocycles. The fraction of sp³-hybridized carbons (Fsp3) is 0.238. The number of para-hydroxylation sites is 1. The highest BCUT2D eigenvalue weighted by molar-refractivity contribution is 14.1. The number of benzene rings is 2. The molecule has 1 aliphatic rings. The van der Waals surface area contributed by atoms with Crippen LogP contribution in [0.3, 0.4) is 0 Å². The van der Waals surface area contributed by atoms with Crippen molar-refractivity contribution >= 4 is 40.5 Å². The van der Waals surface area contributed by atoms with Crippen LogP contribution in [0, 0.1) is 10.5 Å². The van der Waals surface area contributed by atoms with Gasteiger partial charge in [0.25, 0.3) is 0 Å². The van der Waals surface area contributed by atoms with Crippen LogP contribution < -0.4 is 4.74 Å². The van der Waals surface area contributed by atoms with Crippen LogP contribution in [0.5, 0.6) is 5.75 Å². The number of ether oxygens (including phenoxy) is 2. The van der Waals surface area contributed by atoms with Crippen LogP contribution in [0.15, 0.2) is 53.2 Å². The second-order valence-electron chi connectivity index (χ2n) is 6.17. The summed E-state index contributed by atoms with van der Waals surface area (Å²) in [5.41, 5.74) is 3.00. The van der Waals surface area contributed by atoms with Crippen molar-refractivity contribution in [1.82, 2.24) is 0 Å². The lowest BCUT2D eigenvalue weighted by Crippen LogP contribution is -2.10. The molecule has 0 saturated carbocycles. The highest BCUT2D eigenvalue weighted by Gasteiger charge is 2.24. The number of esters is 1. The summed E-state index contributed by atoms with van der Waals surface area (Å²) in [5.74, 6) is 0.617. The molecule has 3 rings (SSSR count). The molecule has 0 radical (unpaired) electrons. The molecular weight excluding hydrogens is 441 g/mol. The first-order valence-electron chi connectivity index (χ1n) is 8.52. The van der Waals surface area contributed by atoms with Crippen LogP contribution in [0.25, 0.3) is 6.08 Å². The molecule has 0 saturated heterocycles. The van der Waals surface area contributed by atoms with Gasteiger partial charge in [-0.25, -0.2) is 9.79 Å². The number of nitrogens with zero attached hydrogens (tertiary/aromatic N) is 1. The number of aryl methyl sites for hydroxylation is 1. The topological polar surface area (TPSA) is 47.9 Å². The normalized spacial score (nSPS) is 16.4. The van der Waals surface area contributed by atoms with Gasteiger partial charge in [0.2, 0.25) is 5.90 Å². The number of hydrogen-bond donors (Lipinski definition) is 0. The molecule has 134 valence electrons. The van der Waals surface area contributed by atoms with E-state index in [0.717, 1.165) is 32.4 Å². The van der Waals surface area contributed by atoms with Crippen LogP contribution >= 0.6 is 22.6 Å². The summed E-state index contributed by atoms with van der Waals surface area (Å²) in [6.45, 7) is 6.10. The molecular formula is C21H20INO3. The van der Waals surface area contributed by atoms with Crippen molar-refractivity contribution in [3.05, 3.63) is 68.4 Å². The monoisotopic (exact) mass is 461 g/mol.